The molecule has 158 valence electrons. The van der Waals surface area contributed by atoms with Crippen LogP contribution in [-0.4, -0.2) is 47.8 Å². The Kier molecular flexibility index (Phi) is 5.65. The predicted octanol–water partition coefficient (Wildman–Crippen LogP) is 3.40. The molecule has 1 aliphatic rings. The van der Waals surface area contributed by atoms with Gasteiger partial charge in [0, 0.05) is 44.0 Å². The van der Waals surface area contributed by atoms with Gasteiger partial charge in [0.05, 0.1) is 22.4 Å². The minimum atomic E-state index is -0.428. The van der Waals surface area contributed by atoms with Crippen molar-refractivity contribution in [2.75, 3.05) is 36.4 Å². The Labute approximate surface area is 178 Å². The summed E-state index contributed by atoms with van der Waals surface area (Å²) < 4.78 is 5.11. The van der Waals surface area contributed by atoms with Gasteiger partial charge in [-0.05, 0) is 36.4 Å². The van der Waals surface area contributed by atoms with Gasteiger partial charge in [-0.25, -0.2) is 0 Å². The maximum atomic E-state index is 13.1. The summed E-state index contributed by atoms with van der Waals surface area (Å²) in [5.41, 5.74) is 1.76. The van der Waals surface area contributed by atoms with Gasteiger partial charge in [0.2, 0.25) is 0 Å². The van der Waals surface area contributed by atoms with Crippen LogP contribution in [0.2, 0.25) is 0 Å². The molecule has 9 heteroatoms. The molecule has 0 unspecified atom stereocenters. The predicted molar refractivity (Wildman–Crippen MR) is 114 cm³/mol. The molecular formula is C22H20N4O5. The van der Waals surface area contributed by atoms with Gasteiger partial charge in [-0.1, -0.05) is 12.1 Å². The summed E-state index contributed by atoms with van der Waals surface area (Å²) >= 11 is 0. The average molecular weight is 420 g/mol. The van der Waals surface area contributed by atoms with Gasteiger partial charge in [0.15, 0.2) is 5.76 Å². The number of nitro benzene ring substituents is 1. The van der Waals surface area contributed by atoms with E-state index < -0.39 is 10.8 Å². The van der Waals surface area contributed by atoms with Crippen LogP contribution in [0, 0.1) is 10.1 Å². The van der Waals surface area contributed by atoms with E-state index in [9.17, 15) is 19.7 Å². The van der Waals surface area contributed by atoms with Crippen molar-refractivity contribution in [2.24, 2.45) is 0 Å². The van der Waals surface area contributed by atoms with Crippen LogP contribution in [0.3, 0.4) is 0 Å². The summed E-state index contributed by atoms with van der Waals surface area (Å²) in [6.45, 7) is 2.20. The third-order valence-electron chi connectivity index (χ3n) is 5.14. The molecule has 1 N–H and O–H groups in total. The largest absolute Gasteiger partial charge is 0.459 e. The number of carbonyl (C=O) groups is 2. The summed E-state index contributed by atoms with van der Waals surface area (Å²) in [4.78, 5) is 39.6. The van der Waals surface area contributed by atoms with Gasteiger partial charge < -0.3 is 19.5 Å². The first-order valence-corrected chi connectivity index (χ1v) is 9.75. The molecule has 3 aromatic rings. The third-order valence-corrected chi connectivity index (χ3v) is 5.14. The number of rotatable bonds is 5. The second-order valence-electron chi connectivity index (χ2n) is 7.03. The highest BCUT2D eigenvalue weighted by Gasteiger charge is 2.25. The van der Waals surface area contributed by atoms with Gasteiger partial charge in [-0.15, -0.1) is 0 Å². The van der Waals surface area contributed by atoms with Crippen LogP contribution >= 0.6 is 0 Å². The van der Waals surface area contributed by atoms with E-state index in [1.165, 1.54) is 18.4 Å². The first kappa shape index (κ1) is 20.1. The Bertz CT molecular complexity index is 1090. The van der Waals surface area contributed by atoms with Gasteiger partial charge in [-0.2, -0.15) is 0 Å². The standard InChI is InChI=1S/C22H20N4O5/c27-21(20-6-3-15-31-20)23-19-5-2-1-4-18(19)22(28)25-13-11-24(12-14-25)16-7-9-17(10-8-16)26(29)30/h1-10,15H,11-14H2,(H,23,27). The van der Waals surface area contributed by atoms with Crippen molar-refractivity contribution in [1.29, 1.82) is 0 Å². The number of furan rings is 1. The maximum Gasteiger partial charge on any atom is 0.291 e. The molecule has 9 nitrogen and oxygen atoms in total. The van der Waals surface area contributed by atoms with E-state index in [1.807, 2.05) is 0 Å². The van der Waals surface area contributed by atoms with Crippen LogP contribution < -0.4 is 10.2 Å². The second kappa shape index (κ2) is 8.70. The normalized spacial score (nSPS) is 13.7. The number of benzene rings is 2. The molecule has 2 aromatic carbocycles. The number of piperazine rings is 1. The average Bonchev–Trinajstić information content (AvgIpc) is 3.34. The zero-order valence-electron chi connectivity index (χ0n) is 16.6. The highest BCUT2D eigenvalue weighted by Crippen LogP contribution is 2.23. The Morgan fingerprint density at radius 3 is 2.29 bits per heavy atom. The van der Waals surface area contributed by atoms with E-state index in [1.54, 1.807) is 53.4 Å². The minimum Gasteiger partial charge on any atom is -0.459 e. The number of hydrogen-bond acceptors (Lipinski definition) is 6. The zero-order chi connectivity index (χ0) is 21.8. The number of anilines is 2. The lowest BCUT2D eigenvalue weighted by molar-refractivity contribution is -0.384. The molecule has 0 bridgehead atoms. The molecule has 0 saturated carbocycles. The van der Waals surface area contributed by atoms with Crippen LogP contribution in [-0.2, 0) is 0 Å². The van der Waals surface area contributed by atoms with Gasteiger partial charge in [-0.3, -0.25) is 19.7 Å². The molecule has 0 aliphatic carbocycles. The summed E-state index contributed by atoms with van der Waals surface area (Å²) in [7, 11) is 0. The number of amides is 2. The fraction of sp³-hybridized carbons (Fsp3) is 0.182. The monoisotopic (exact) mass is 420 g/mol. The van der Waals surface area contributed by atoms with Crippen LogP contribution in [0.25, 0.3) is 0 Å². The molecule has 1 aromatic heterocycles. The topological polar surface area (TPSA) is 109 Å². The number of para-hydroxylation sites is 1. The zero-order valence-corrected chi connectivity index (χ0v) is 16.6. The van der Waals surface area contributed by atoms with Gasteiger partial charge in [0.1, 0.15) is 0 Å². The second-order valence-corrected chi connectivity index (χ2v) is 7.03. The van der Waals surface area contributed by atoms with Crippen molar-refractivity contribution in [2.45, 2.75) is 0 Å². The van der Waals surface area contributed by atoms with E-state index in [4.69, 9.17) is 4.42 Å². The van der Waals surface area contributed by atoms with Crippen LogP contribution in [0.5, 0.6) is 0 Å². The molecule has 1 fully saturated rings. The number of nitro groups is 1. The summed E-state index contributed by atoms with van der Waals surface area (Å²) in [5.74, 6) is -0.425. The molecule has 31 heavy (non-hydrogen) atoms. The molecule has 2 heterocycles. The molecule has 2 amide bonds. The Balaban J connectivity index is 1.42. The van der Waals surface area contributed by atoms with Gasteiger partial charge >= 0.3 is 0 Å². The summed E-state index contributed by atoms with van der Waals surface area (Å²) in [5, 5.41) is 13.6. The number of nitrogens with zero attached hydrogens (tertiary/aromatic N) is 3. The van der Waals surface area contributed by atoms with E-state index in [0.717, 1.165) is 5.69 Å². The lowest BCUT2D eigenvalue weighted by atomic mass is 10.1. The van der Waals surface area contributed by atoms with E-state index >= 15 is 0 Å². The summed E-state index contributed by atoms with van der Waals surface area (Å²) in [6.07, 6.45) is 1.41. The van der Waals surface area contributed by atoms with Crippen LogP contribution in [0.1, 0.15) is 20.9 Å². The van der Waals surface area contributed by atoms with Crippen molar-refractivity contribution in [3.63, 3.8) is 0 Å². The lowest BCUT2D eigenvalue weighted by Gasteiger charge is -2.36. The highest BCUT2D eigenvalue weighted by atomic mass is 16.6. The molecule has 1 saturated heterocycles. The summed E-state index contributed by atoms with van der Waals surface area (Å²) in [6, 6.07) is 16.4. The molecular weight excluding hydrogens is 400 g/mol. The third kappa shape index (κ3) is 4.40. The number of non-ortho nitro benzene ring substituents is 1. The van der Waals surface area contributed by atoms with Crippen molar-refractivity contribution in [3.8, 4) is 0 Å². The fourth-order valence-corrected chi connectivity index (χ4v) is 3.49. The maximum absolute atomic E-state index is 13.1. The Morgan fingerprint density at radius 1 is 0.935 bits per heavy atom. The van der Waals surface area contributed by atoms with Crippen molar-refractivity contribution < 1.29 is 18.9 Å². The molecule has 0 spiro atoms. The molecule has 0 radical (unpaired) electrons. The lowest BCUT2D eigenvalue weighted by Crippen LogP contribution is -2.49. The first-order valence-electron chi connectivity index (χ1n) is 9.75. The van der Waals surface area contributed by atoms with E-state index in [0.29, 0.717) is 37.4 Å². The minimum absolute atomic E-state index is 0.0470. The van der Waals surface area contributed by atoms with Gasteiger partial charge in [0.25, 0.3) is 17.5 Å². The smallest absolute Gasteiger partial charge is 0.291 e. The number of carbonyl (C=O) groups excluding carboxylic acids is 2. The highest BCUT2D eigenvalue weighted by molar-refractivity contribution is 6.07. The number of hydrogen-bond donors (Lipinski definition) is 1. The van der Waals surface area contributed by atoms with Crippen LogP contribution in [0.4, 0.5) is 17.1 Å². The molecule has 1 aliphatic heterocycles. The van der Waals surface area contributed by atoms with Crippen molar-refractivity contribution in [1.82, 2.24) is 4.90 Å². The Morgan fingerprint density at radius 2 is 1.65 bits per heavy atom. The number of nitrogens with one attached hydrogen (secondary N) is 1. The SMILES string of the molecule is O=C(Nc1ccccc1C(=O)N1CCN(c2ccc([N+](=O)[O-])cc2)CC1)c1ccco1. The molecule has 4 rings (SSSR count). The van der Waals surface area contributed by atoms with Crippen molar-refractivity contribution in [3.05, 3.63) is 88.4 Å². The van der Waals surface area contributed by atoms with E-state index in [-0.39, 0.29) is 17.4 Å². The quantitative estimate of drug-likeness (QED) is 0.501. The molecule has 0 atom stereocenters. The fourth-order valence-electron chi connectivity index (χ4n) is 3.49. The first-order chi connectivity index (χ1) is 15.0. The van der Waals surface area contributed by atoms with Crippen molar-refractivity contribution >= 4 is 28.9 Å². The van der Waals surface area contributed by atoms with E-state index in [2.05, 4.69) is 10.2 Å². The van der Waals surface area contributed by atoms with Crippen LogP contribution in [0.15, 0.2) is 71.3 Å². The Hall–Kier alpha value is -4.14.